The molecule has 1 aromatic carbocycles. The molecule has 0 aliphatic heterocycles. The van der Waals surface area contributed by atoms with Crippen LogP contribution in [0.3, 0.4) is 0 Å². The van der Waals surface area contributed by atoms with E-state index in [9.17, 15) is 0 Å². The Morgan fingerprint density at radius 3 is 2.81 bits per heavy atom. The fraction of sp³-hybridized carbons (Fsp3) is 0.273. The first kappa shape index (κ1) is 11.5. The highest BCUT2D eigenvalue weighted by Crippen LogP contribution is 2.32. The Morgan fingerprint density at radius 1 is 1.38 bits per heavy atom. The van der Waals surface area contributed by atoms with Crippen LogP contribution in [-0.4, -0.2) is 9.36 Å². The molecule has 2 rings (SSSR count). The third-order valence-corrected chi connectivity index (χ3v) is 3.17. The summed E-state index contributed by atoms with van der Waals surface area (Å²) in [6.45, 7) is 4.27. The summed E-state index contributed by atoms with van der Waals surface area (Å²) in [7, 11) is 0. The predicted molar refractivity (Wildman–Crippen MR) is 68.2 cm³/mol. The third kappa shape index (κ3) is 2.59. The van der Waals surface area contributed by atoms with Crippen molar-refractivity contribution >= 4 is 27.5 Å². The van der Waals surface area contributed by atoms with Crippen LogP contribution >= 0.6 is 27.5 Å². The largest absolute Gasteiger partial charge is 0.430 e. The highest BCUT2D eigenvalue weighted by atomic mass is 79.9. The summed E-state index contributed by atoms with van der Waals surface area (Å²) >= 11 is 4.71. The van der Waals surface area contributed by atoms with Crippen LogP contribution in [0.4, 0.5) is 0 Å². The molecule has 0 unspecified atom stereocenters. The molecular formula is C11H11BrN2OS. The van der Waals surface area contributed by atoms with Crippen LogP contribution in [0.2, 0.25) is 0 Å². The van der Waals surface area contributed by atoms with Gasteiger partial charge in [0.1, 0.15) is 12.1 Å². The van der Waals surface area contributed by atoms with Crippen molar-refractivity contribution < 1.29 is 4.74 Å². The summed E-state index contributed by atoms with van der Waals surface area (Å²) in [4.78, 5) is 4.01. The first-order chi connectivity index (χ1) is 7.66. The van der Waals surface area contributed by atoms with Crippen molar-refractivity contribution in [1.82, 2.24) is 9.36 Å². The smallest absolute Gasteiger partial charge is 0.298 e. The van der Waals surface area contributed by atoms with Gasteiger partial charge in [-0.05, 0) is 29.7 Å². The minimum Gasteiger partial charge on any atom is -0.430 e. The van der Waals surface area contributed by atoms with Gasteiger partial charge >= 0.3 is 0 Å². The molecular weight excluding hydrogens is 288 g/mol. The van der Waals surface area contributed by atoms with E-state index in [2.05, 4.69) is 45.2 Å². The molecule has 2 aromatic rings. The van der Waals surface area contributed by atoms with Gasteiger partial charge in [0.2, 0.25) is 0 Å². The van der Waals surface area contributed by atoms with E-state index in [-0.39, 0.29) is 0 Å². The highest BCUT2D eigenvalue weighted by Gasteiger charge is 2.10. The van der Waals surface area contributed by atoms with E-state index in [0.29, 0.717) is 11.1 Å². The van der Waals surface area contributed by atoms with Gasteiger partial charge in [0.15, 0.2) is 0 Å². The van der Waals surface area contributed by atoms with Crippen molar-refractivity contribution in [3.8, 4) is 10.9 Å². The zero-order valence-corrected chi connectivity index (χ0v) is 11.4. The molecule has 0 fully saturated rings. The number of aromatic nitrogens is 2. The molecule has 1 heterocycles. The number of benzene rings is 1. The number of nitrogens with zero attached hydrogens (tertiary/aromatic N) is 2. The molecule has 1 aromatic heterocycles. The topological polar surface area (TPSA) is 35.0 Å². The monoisotopic (exact) mass is 298 g/mol. The van der Waals surface area contributed by atoms with Gasteiger partial charge in [0.05, 0.1) is 0 Å². The molecule has 0 aliphatic carbocycles. The van der Waals surface area contributed by atoms with E-state index in [1.807, 2.05) is 12.1 Å². The van der Waals surface area contributed by atoms with Crippen LogP contribution in [-0.2, 0) is 0 Å². The first-order valence-corrected chi connectivity index (χ1v) is 6.47. The van der Waals surface area contributed by atoms with Gasteiger partial charge in [0, 0.05) is 16.0 Å². The lowest BCUT2D eigenvalue weighted by Gasteiger charge is -2.12. The van der Waals surface area contributed by atoms with Crippen LogP contribution in [0.1, 0.15) is 25.3 Å². The van der Waals surface area contributed by atoms with E-state index in [1.165, 1.54) is 17.9 Å². The third-order valence-electron chi connectivity index (χ3n) is 2.13. The van der Waals surface area contributed by atoms with E-state index in [4.69, 9.17) is 4.74 Å². The molecule has 0 saturated carbocycles. The summed E-state index contributed by atoms with van der Waals surface area (Å²) in [5.41, 5.74) is 1.16. The minimum atomic E-state index is 0.403. The zero-order valence-electron chi connectivity index (χ0n) is 8.98. The Bertz CT molecular complexity index is 471. The Balaban J connectivity index is 2.33. The lowest BCUT2D eigenvalue weighted by Crippen LogP contribution is -1.93. The number of hydrogen-bond donors (Lipinski definition) is 0. The average Bonchev–Trinajstić information content (AvgIpc) is 2.73. The fourth-order valence-electron chi connectivity index (χ4n) is 1.37. The van der Waals surface area contributed by atoms with Gasteiger partial charge in [-0.2, -0.15) is 9.36 Å². The van der Waals surface area contributed by atoms with Crippen molar-refractivity contribution in [3.05, 3.63) is 34.6 Å². The molecule has 0 amide bonds. The standard InChI is InChI=1S/C11H11BrN2OS/c1-7(2)9-5-8(12)3-4-10(9)15-11-13-6-14-16-11/h3-7H,1-2H3. The molecule has 0 spiro atoms. The number of ether oxygens (including phenoxy) is 1. The fourth-order valence-corrected chi connectivity index (χ4v) is 2.15. The zero-order chi connectivity index (χ0) is 11.5. The molecule has 16 heavy (non-hydrogen) atoms. The Hall–Kier alpha value is -0.940. The number of hydrogen-bond acceptors (Lipinski definition) is 4. The second-order valence-electron chi connectivity index (χ2n) is 3.65. The lowest BCUT2D eigenvalue weighted by atomic mass is 10.0. The van der Waals surface area contributed by atoms with E-state index in [0.717, 1.165) is 15.8 Å². The highest BCUT2D eigenvalue weighted by molar-refractivity contribution is 9.10. The summed E-state index contributed by atoms with van der Waals surface area (Å²) in [5.74, 6) is 1.25. The maximum absolute atomic E-state index is 5.69. The molecule has 0 aliphatic rings. The number of halogens is 1. The minimum absolute atomic E-state index is 0.403. The van der Waals surface area contributed by atoms with Gasteiger partial charge in [-0.15, -0.1) is 0 Å². The quantitative estimate of drug-likeness (QED) is 0.851. The summed E-state index contributed by atoms with van der Waals surface area (Å²) in [6, 6.07) is 5.98. The second kappa shape index (κ2) is 4.93. The van der Waals surface area contributed by atoms with Crippen LogP contribution in [0.25, 0.3) is 0 Å². The Morgan fingerprint density at radius 2 is 2.19 bits per heavy atom. The summed E-state index contributed by atoms with van der Waals surface area (Å²) in [5, 5.41) is 0.573. The van der Waals surface area contributed by atoms with Gasteiger partial charge < -0.3 is 4.74 Å². The molecule has 0 atom stereocenters. The average molecular weight is 299 g/mol. The van der Waals surface area contributed by atoms with E-state index < -0.39 is 0 Å². The van der Waals surface area contributed by atoms with Crippen molar-refractivity contribution in [1.29, 1.82) is 0 Å². The van der Waals surface area contributed by atoms with Crippen molar-refractivity contribution in [3.63, 3.8) is 0 Å². The Kier molecular flexibility index (Phi) is 3.56. The molecule has 3 nitrogen and oxygen atoms in total. The van der Waals surface area contributed by atoms with Gasteiger partial charge in [-0.3, -0.25) is 0 Å². The Labute approximate surface area is 107 Å². The lowest BCUT2D eigenvalue weighted by molar-refractivity contribution is 0.469. The van der Waals surface area contributed by atoms with E-state index in [1.54, 1.807) is 0 Å². The normalized spacial score (nSPS) is 10.8. The van der Waals surface area contributed by atoms with E-state index >= 15 is 0 Å². The van der Waals surface area contributed by atoms with Crippen molar-refractivity contribution in [2.75, 3.05) is 0 Å². The predicted octanol–water partition coefficient (Wildman–Crippen LogP) is 4.22. The van der Waals surface area contributed by atoms with Gasteiger partial charge in [-0.25, -0.2) is 0 Å². The maximum atomic E-state index is 5.69. The molecule has 0 bridgehead atoms. The SMILES string of the molecule is CC(C)c1cc(Br)ccc1Oc1ncns1. The number of rotatable bonds is 3. The van der Waals surface area contributed by atoms with Crippen LogP contribution in [0, 0.1) is 0 Å². The van der Waals surface area contributed by atoms with Crippen molar-refractivity contribution in [2.24, 2.45) is 0 Å². The van der Waals surface area contributed by atoms with Crippen LogP contribution < -0.4 is 4.74 Å². The molecule has 0 radical (unpaired) electrons. The van der Waals surface area contributed by atoms with Gasteiger partial charge in [-0.1, -0.05) is 29.8 Å². The van der Waals surface area contributed by atoms with Crippen LogP contribution in [0.15, 0.2) is 29.0 Å². The molecule has 5 heteroatoms. The molecule has 0 N–H and O–H groups in total. The summed E-state index contributed by atoms with van der Waals surface area (Å²) < 4.78 is 10.7. The molecule has 0 saturated heterocycles. The summed E-state index contributed by atoms with van der Waals surface area (Å²) in [6.07, 6.45) is 1.49. The maximum Gasteiger partial charge on any atom is 0.298 e. The van der Waals surface area contributed by atoms with Gasteiger partial charge in [0.25, 0.3) is 5.19 Å². The second-order valence-corrected chi connectivity index (χ2v) is 5.30. The first-order valence-electron chi connectivity index (χ1n) is 4.91. The van der Waals surface area contributed by atoms with Crippen LogP contribution in [0.5, 0.6) is 10.9 Å². The molecule has 84 valence electrons. The van der Waals surface area contributed by atoms with Crippen molar-refractivity contribution in [2.45, 2.75) is 19.8 Å².